The van der Waals surface area contributed by atoms with Gasteiger partial charge >= 0.3 is 0 Å². The molecule has 2 rings (SSSR count). The average molecular weight is 283 g/mol. The number of anilines is 2. The molecule has 6 N–H and O–H groups in total. The molecule has 0 fully saturated rings. The van der Waals surface area contributed by atoms with Gasteiger partial charge in [0.15, 0.2) is 0 Å². The predicted octanol–water partition coefficient (Wildman–Crippen LogP) is 0.441. The normalized spacial score (nSPS) is 14.4. The Balaban J connectivity index is 2.35. The first kappa shape index (κ1) is 13.9. The third-order valence-electron chi connectivity index (χ3n) is 2.62. The molecule has 0 saturated heterocycles. The van der Waals surface area contributed by atoms with Gasteiger partial charge in [-0.25, -0.2) is 10.8 Å². The van der Waals surface area contributed by atoms with E-state index in [4.69, 9.17) is 10.9 Å². The van der Waals surface area contributed by atoms with Crippen LogP contribution < -0.4 is 16.6 Å². The summed E-state index contributed by atoms with van der Waals surface area (Å²) in [6.07, 6.45) is 0. The molecule has 19 heavy (non-hydrogen) atoms. The maximum atomic E-state index is 9.79. The minimum Gasteiger partial charge on any atom is -0.393 e. The van der Waals surface area contributed by atoms with Gasteiger partial charge in [-0.15, -0.1) is 11.3 Å². The fourth-order valence-corrected chi connectivity index (χ4v) is 2.45. The van der Waals surface area contributed by atoms with Crippen molar-refractivity contribution in [3.63, 3.8) is 0 Å². The van der Waals surface area contributed by atoms with Crippen molar-refractivity contribution < 1.29 is 10.2 Å². The summed E-state index contributed by atoms with van der Waals surface area (Å²) in [5.41, 5.74) is 1.20. The second-order valence-corrected chi connectivity index (χ2v) is 5.86. The molecule has 0 aliphatic heterocycles. The first-order chi connectivity index (χ1) is 8.95. The number of hydrazine groups is 1. The summed E-state index contributed by atoms with van der Waals surface area (Å²) in [5.74, 6) is 6.22. The van der Waals surface area contributed by atoms with Crippen molar-refractivity contribution in [3.8, 4) is 0 Å². The second kappa shape index (κ2) is 5.25. The molecular weight excluding hydrogens is 266 g/mol. The zero-order chi connectivity index (χ0) is 14.0. The van der Waals surface area contributed by atoms with Crippen LogP contribution in [0.25, 0.3) is 10.2 Å². The topological polar surface area (TPSA) is 116 Å². The summed E-state index contributed by atoms with van der Waals surface area (Å²) < 4.78 is 0. The van der Waals surface area contributed by atoms with Gasteiger partial charge in [0, 0.05) is 11.4 Å². The van der Waals surface area contributed by atoms with Gasteiger partial charge in [-0.1, -0.05) is 0 Å². The van der Waals surface area contributed by atoms with Crippen molar-refractivity contribution in [1.29, 1.82) is 0 Å². The van der Waals surface area contributed by atoms with Crippen molar-refractivity contribution in [1.82, 2.24) is 9.97 Å². The molecule has 2 aromatic rings. The Labute approximate surface area is 114 Å². The maximum absolute atomic E-state index is 9.79. The number of nitrogens with two attached hydrogens (primary N) is 1. The number of aromatic nitrogens is 2. The zero-order valence-electron chi connectivity index (χ0n) is 10.8. The third-order valence-corrected chi connectivity index (χ3v) is 3.57. The van der Waals surface area contributed by atoms with Gasteiger partial charge < -0.3 is 15.5 Å². The van der Waals surface area contributed by atoms with Crippen LogP contribution in [0.3, 0.4) is 0 Å². The minimum atomic E-state index is -1.21. The molecule has 0 amide bonds. The van der Waals surface area contributed by atoms with E-state index in [0.29, 0.717) is 11.8 Å². The van der Waals surface area contributed by atoms with Gasteiger partial charge in [0.25, 0.3) is 0 Å². The largest absolute Gasteiger partial charge is 0.393 e. The van der Waals surface area contributed by atoms with Gasteiger partial charge in [0.05, 0.1) is 12.0 Å². The molecule has 0 aliphatic rings. The molecule has 0 aliphatic carbocycles. The Bertz CT molecular complexity index is 584. The Kier molecular flexibility index (Phi) is 3.85. The Morgan fingerprint density at radius 1 is 1.47 bits per heavy atom. The van der Waals surface area contributed by atoms with E-state index in [1.54, 1.807) is 6.92 Å². The summed E-state index contributed by atoms with van der Waals surface area (Å²) >= 11 is 1.54. The van der Waals surface area contributed by atoms with Crippen molar-refractivity contribution in [3.05, 3.63) is 10.9 Å². The molecule has 0 saturated carbocycles. The van der Waals surface area contributed by atoms with E-state index < -0.39 is 5.60 Å². The van der Waals surface area contributed by atoms with E-state index in [2.05, 4.69) is 20.7 Å². The number of aliphatic hydroxyl groups excluding tert-OH is 1. The van der Waals surface area contributed by atoms with Gasteiger partial charge in [0.2, 0.25) is 5.95 Å². The van der Waals surface area contributed by atoms with E-state index in [-0.39, 0.29) is 13.2 Å². The second-order valence-electron chi connectivity index (χ2n) is 4.62. The van der Waals surface area contributed by atoms with Crippen LogP contribution >= 0.6 is 11.3 Å². The molecule has 104 valence electrons. The molecule has 2 aromatic heterocycles. The number of aryl methyl sites for hydroxylation is 1. The van der Waals surface area contributed by atoms with Gasteiger partial charge in [-0.05, 0) is 19.9 Å². The molecule has 0 radical (unpaired) electrons. The van der Waals surface area contributed by atoms with Crippen molar-refractivity contribution in [2.75, 3.05) is 23.9 Å². The molecule has 1 unspecified atom stereocenters. The van der Waals surface area contributed by atoms with Crippen LogP contribution in [0.15, 0.2) is 6.07 Å². The number of hydrogen-bond acceptors (Lipinski definition) is 8. The monoisotopic (exact) mass is 283 g/mol. The molecule has 0 bridgehead atoms. The van der Waals surface area contributed by atoms with Crippen LogP contribution in [0, 0.1) is 6.92 Å². The quantitative estimate of drug-likeness (QED) is 0.399. The number of nitrogens with zero attached hydrogens (tertiary/aromatic N) is 2. The van der Waals surface area contributed by atoms with Crippen LogP contribution in [0.1, 0.15) is 11.8 Å². The maximum Gasteiger partial charge on any atom is 0.240 e. The Morgan fingerprint density at radius 3 is 2.84 bits per heavy atom. The summed E-state index contributed by atoms with van der Waals surface area (Å²) in [6.45, 7) is 3.36. The van der Waals surface area contributed by atoms with Crippen LogP contribution in [0.4, 0.5) is 11.8 Å². The lowest BCUT2D eigenvalue weighted by Gasteiger charge is -2.21. The van der Waals surface area contributed by atoms with E-state index in [0.717, 1.165) is 15.1 Å². The third kappa shape index (κ3) is 3.10. The summed E-state index contributed by atoms with van der Waals surface area (Å²) in [6, 6.07) is 1.97. The lowest BCUT2D eigenvalue weighted by atomic mass is 10.1. The molecular formula is C11H17N5O2S. The lowest BCUT2D eigenvalue weighted by molar-refractivity contribution is 0.0132. The molecule has 0 spiro atoms. The first-order valence-corrected chi connectivity index (χ1v) is 6.59. The van der Waals surface area contributed by atoms with E-state index in [1.165, 1.54) is 11.3 Å². The highest BCUT2D eigenvalue weighted by molar-refractivity contribution is 7.18. The number of fused-ring (bicyclic) bond motifs is 1. The summed E-state index contributed by atoms with van der Waals surface area (Å²) in [5, 5.41) is 22.7. The summed E-state index contributed by atoms with van der Waals surface area (Å²) in [7, 11) is 0. The fraction of sp³-hybridized carbons (Fsp3) is 0.455. The number of aliphatic hydroxyl groups is 2. The van der Waals surface area contributed by atoms with Crippen molar-refractivity contribution >= 4 is 33.3 Å². The van der Waals surface area contributed by atoms with E-state index in [9.17, 15) is 5.11 Å². The number of hydrogen-bond donors (Lipinski definition) is 5. The number of nitrogen functional groups attached to an aromatic ring is 1. The van der Waals surface area contributed by atoms with Crippen LogP contribution in [-0.4, -0.2) is 38.9 Å². The van der Waals surface area contributed by atoms with Gasteiger partial charge in [-0.2, -0.15) is 4.98 Å². The van der Waals surface area contributed by atoms with Crippen molar-refractivity contribution in [2.45, 2.75) is 19.4 Å². The van der Waals surface area contributed by atoms with Crippen LogP contribution in [0.5, 0.6) is 0 Å². The summed E-state index contributed by atoms with van der Waals surface area (Å²) in [4.78, 5) is 10.4. The zero-order valence-corrected chi connectivity index (χ0v) is 11.6. The number of thiophene rings is 1. The highest BCUT2D eigenvalue weighted by Crippen LogP contribution is 2.29. The van der Waals surface area contributed by atoms with E-state index in [1.807, 2.05) is 13.0 Å². The molecule has 1 atom stereocenters. The van der Waals surface area contributed by atoms with Gasteiger partial charge in [-0.3, -0.25) is 5.43 Å². The van der Waals surface area contributed by atoms with Crippen LogP contribution in [-0.2, 0) is 0 Å². The Morgan fingerprint density at radius 2 is 2.21 bits per heavy atom. The molecule has 0 aromatic carbocycles. The van der Waals surface area contributed by atoms with Gasteiger partial charge in [0.1, 0.15) is 16.2 Å². The average Bonchev–Trinajstić information content (AvgIpc) is 2.76. The fourth-order valence-electron chi connectivity index (χ4n) is 1.57. The van der Waals surface area contributed by atoms with Crippen molar-refractivity contribution in [2.24, 2.45) is 5.84 Å². The minimum absolute atomic E-state index is 0.175. The first-order valence-electron chi connectivity index (χ1n) is 5.77. The smallest absolute Gasteiger partial charge is 0.240 e. The predicted molar refractivity (Wildman–Crippen MR) is 76.2 cm³/mol. The SMILES string of the molecule is Cc1cc2c(NCC(C)(O)CO)nc(NN)nc2s1. The van der Waals surface area contributed by atoms with E-state index >= 15 is 0 Å². The lowest BCUT2D eigenvalue weighted by Crippen LogP contribution is -2.37. The Hall–Kier alpha value is -1.48. The highest BCUT2D eigenvalue weighted by Gasteiger charge is 2.20. The standard InChI is InChI=1S/C11H17N5O2S/c1-6-3-7-8(13-4-11(2,18)5-17)14-10(16-12)15-9(7)19-6/h3,17-18H,4-5,12H2,1-2H3,(H2,13,14,15,16). The molecule has 8 heteroatoms. The molecule has 2 heterocycles. The number of nitrogens with one attached hydrogen (secondary N) is 2. The van der Waals surface area contributed by atoms with Crippen LogP contribution in [0.2, 0.25) is 0 Å². The highest BCUT2D eigenvalue weighted by atomic mass is 32.1. The molecule has 7 nitrogen and oxygen atoms in total. The number of rotatable bonds is 5.